The molecule has 116 valence electrons. The number of esters is 2. The summed E-state index contributed by atoms with van der Waals surface area (Å²) in [5.74, 6) is -0.666. The zero-order valence-corrected chi connectivity index (χ0v) is 12.9. The predicted molar refractivity (Wildman–Crippen MR) is 79.4 cm³/mol. The van der Waals surface area contributed by atoms with Crippen molar-refractivity contribution in [1.29, 1.82) is 0 Å². The lowest BCUT2D eigenvalue weighted by molar-refractivity contribution is -0.148. The Hall–Kier alpha value is -1.83. The zero-order valence-electron chi connectivity index (χ0n) is 12.1. The third-order valence-electron chi connectivity index (χ3n) is 3.32. The third-order valence-corrected chi connectivity index (χ3v) is 4.44. The molecular formula is C13H19N3O4S. The van der Waals surface area contributed by atoms with Gasteiger partial charge in [0, 0.05) is 13.1 Å². The van der Waals surface area contributed by atoms with Crippen LogP contribution in [0.3, 0.4) is 0 Å². The van der Waals surface area contributed by atoms with Crippen LogP contribution in [0, 0.1) is 5.92 Å². The van der Waals surface area contributed by atoms with Gasteiger partial charge in [-0.3, -0.25) is 4.79 Å². The maximum atomic E-state index is 11.8. The molecule has 1 aliphatic rings. The number of ether oxygens (including phenoxy) is 2. The van der Waals surface area contributed by atoms with Crippen LogP contribution in [0.4, 0.5) is 10.9 Å². The number of methoxy groups -OCH3 is 1. The second-order valence-electron chi connectivity index (χ2n) is 4.74. The van der Waals surface area contributed by atoms with E-state index in [4.69, 9.17) is 10.5 Å². The van der Waals surface area contributed by atoms with Crippen molar-refractivity contribution in [2.24, 2.45) is 5.92 Å². The fourth-order valence-corrected chi connectivity index (χ4v) is 3.24. The SMILES string of the molecule is CCOC(=O)C1CCCN(c2nc(N)c(C(=O)OC)s2)C1. The van der Waals surface area contributed by atoms with Gasteiger partial charge in [-0.25, -0.2) is 9.78 Å². The highest BCUT2D eigenvalue weighted by Gasteiger charge is 2.29. The van der Waals surface area contributed by atoms with E-state index in [9.17, 15) is 9.59 Å². The van der Waals surface area contributed by atoms with Crippen LogP contribution in [0.2, 0.25) is 0 Å². The summed E-state index contributed by atoms with van der Waals surface area (Å²) in [7, 11) is 1.30. The predicted octanol–water partition coefficient (Wildman–Crippen LogP) is 1.29. The minimum Gasteiger partial charge on any atom is -0.466 e. The van der Waals surface area contributed by atoms with Gasteiger partial charge < -0.3 is 20.1 Å². The van der Waals surface area contributed by atoms with Gasteiger partial charge in [0.1, 0.15) is 0 Å². The van der Waals surface area contributed by atoms with E-state index < -0.39 is 5.97 Å². The van der Waals surface area contributed by atoms with Crippen molar-refractivity contribution in [3.8, 4) is 0 Å². The Morgan fingerprint density at radius 2 is 2.29 bits per heavy atom. The molecule has 0 saturated carbocycles. The van der Waals surface area contributed by atoms with Crippen LogP contribution in [0.15, 0.2) is 0 Å². The minimum atomic E-state index is -0.491. The van der Waals surface area contributed by atoms with E-state index in [0.717, 1.165) is 19.4 Å². The summed E-state index contributed by atoms with van der Waals surface area (Å²) >= 11 is 1.19. The Morgan fingerprint density at radius 3 is 2.95 bits per heavy atom. The number of hydrogen-bond acceptors (Lipinski definition) is 8. The van der Waals surface area contributed by atoms with Gasteiger partial charge in [0.25, 0.3) is 0 Å². The number of hydrogen-bond donors (Lipinski definition) is 1. The molecule has 0 aromatic carbocycles. The van der Waals surface area contributed by atoms with Crippen molar-refractivity contribution in [2.75, 3.05) is 37.4 Å². The lowest BCUT2D eigenvalue weighted by Crippen LogP contribution is -2.39. The van der Waals surface area contributed by atoms with Gasteiger partial charge in [-0.15, -0.1) is 0 Å². The van der Waals surface area contributed by atoms with E-state index in [2.05, 4.69) is 9.72 Å². The van der Waals surface area contributed by atoms with Crippen molar-refractivity contribution < 1.29 is 19.1 Å². The molecule has 0 spiro atoms. The van der Waals surface area contributed by atoms with E-state index in [1.807, 2.05) is 4.90 Å². The summed E-state index contributed by atoms with van der Waals surface area (Å²) in [6, 6.07) is 0. The Kier molecular flexibility index (Phi) is 5.00. The van der Waals surface area contributed by atoms with Gasteiger partial charge in [-0.1, -0.05) is 11.3 Å². The summed E-state index contributed by atoms with van der Waals surface area (Å²) in [5.41, 5.74) is 5.75. The molecule has 1 aromatic heterocycles. The Morgan fingerprint density at radius 1 is 1.52 bits per heavy atom. The van der Waals surface area contributed by atoms with Crippen LogP contribution < -0.4 is 10.6 Å². The molecular weight excluding hydrogens is 294 g/mol. The number of aromatic nitrogens is 1. The van der Waals surface area contributed by atoms with Crippen molar-refractivity contribution in [3.63, 3.8) is 0 Å². The molecule has 1 fully saturated rings. The van der Waals surface area contributed by atoms with Crippen LogP contribution >= 0.6 is 11.3 Å². The molecule has 1 unspecified atom stereocenters. The smallest absolute Gasteiger partial charge is 0.351 e. The number of nitrogens with zero attached hydrogens (tertiary/aromatic N) is 2. The minimum absolute atomic E-state index is 0.162. The summed E-state index contributed by atoms with van der Waals surface area (Å²) in [4.78, 5) is 29.9. The van der Waals surface area contributed by atoms with Crippen molar-refractivity contribution >= 4 is 34.2 Å². The number of carbonyl (C=O) groups excluding carboxylic acids is 2. The molecule has 21 heavy (non-hydrogen) atoms. The fraction of sp³-hybridized carbons (Fsp3) is 0.615. The molecule has 1 aliphatic heterocycles. The maximum absolute atomic E-state index is 11.8. The molecule has 0 aliphatic carbocycles. The fourth-order valence-electron chi connectivity index (χ4n) is 2.30. The van der Waals surface area contributed by atoms with Crippen LogP contribution in [0.25, 0.3) is 0 Å². The van der Waals surface area contributed by atoms with E-state index in [0.29, 0.717) is 23.2 Å². The lowest BCUT2D eigenvalue weighted by Gasteiger charge is -2.31. The number of nitrogen functional groups attached to an aromatic ring is 1. The summed E-state index contributed by atoms with van der Waals surface area (Å²) in [6.07, 6.45) is 1.68. The van der Waals surface area contributed by atoms with Crippen molar-refractivity contribution in [3.05, 3.63) is 4.88 Å². The lowest BCUT2D eigenvalue weighted by atomic mass is 9.99. The molecule has 7 nitrogen and oxygen atoms in total. The number of nitrogens with two attached hydrogens (primary N) is 1. The van der Waals surface area contributed by atoms with Crippen LogP contribution in [0.5, 0.6) is 0 Å². The third kappa shape index (κ3) is 3.44. The highest BCUT2D eigenvalue weighted by molar-refractivity contribution is 7.18. The summed E-state index contributed by atoms with van der Waals surface area (Å²) < 4.78 is 9.74. The van der Waals surface area contributed by atoms with Gasteiger partial charge in [-0.05, 0) is 19.8 Å². The molecule has 2 rings (SSSR count). The van der Waals surface area contributed by atoms with Crippen molar-refractivity contribution in [2.45, 2.75) is 19.8 Å². The number of carbonyl (C=O) groups is 2. The van der Waals surface area contributed by atoms with E-state index in [1.165, 1.54) is 18.4 Å². The summed E-state index contributed by atoms with van der Waals surface area (Å²) in [5, 5.41) is 0.641. The Labute approximate surface area is 127 Å². The van der Waals surface area contributed by atoms with Gasteiger partial charge in [-0.2, -0.15) is 0 Å². The Bertz CT molecular complexity index is 531. The van der Waals surface area contributed by atoms with E-state index >= 15 is 0 Å². The first-order valence-corrected chi connectivity index (χ1v) is 7.64. The largest absolute Gasteiger partial charge is 0.466 e. The van der Waals surface area contributed by atoms with Crippen LogP contribution in [-0.4, -0.2) is 43.7 Å². The highest BCUT2D eigenvalue weighted by atomic mass is 32.1. The van der Waals surface area contributed by atoms with Gasteiger partial charge in [0.2, 0.25) is 0 Å². The first-order chi connectivity index (χ1) is 10.1. The first-order valence-electron chi connectivity index (χ1n) is 6.83. The molecule has 0 bridgehead atoms. The summed E-state index contributed by atoms with van der Waals surface area (Å²) in [6.45, 7) is 3.49. The number of rotatable bonds is 4. The zero-order chi connectivity index (χ0) is 15.4. The standard InChI is InChI=1S/C13H19N3O4S/c1-3-20-11(17)8-5-4-6-16(7-8)13-15-10(14)9(21-13)12(18)19-2/h8H,3-7,14H2,1-2H3. The molecule has 1 aromatic rings. The molecule has 8 heteroatoms. The number of anilines is 2. The second-order valence-corrected chi connectivity index (χ2v) is 5.72. The average Bonchev–Trinajstić information content (AvgIpc) is 2.89. The number of thiazole rings is 1. The van der Waals surface area contributed by atoms with Crippen LogP contribution in [-0.2, 0) is 14.3 Å². The Balaban J connectivity index is 2.11. The monoisotopic (exact) mass is 313 g/mol. The van der Waals surface area contributed by atoms with Gasteiger partial charge in [0.15, 0.2) is 15.8 Å². The molecule has 0 amide bonds. The quantitative estimate of drug-likeness (QED) is 0.837. The van der Waals surface area contributed by atoms with Gasteiger partial charge in [0.05, 0.1) is 19.6 Å². The van der Waals surface area contributed by atoms with E-state index in [1.54, 1.807) is 6.92 Å². The molecule has 1 atom stereocenters. The normalized spacial score (nSPS) is 18.4. The molecule has 1 saturated heterocycles. The topological polar surface area (TPSA) is 94.8 Å². The maximum Gasteiger partial charge on any atom is 0.351 e. The average molecular weight is 313 g/mol. The first kappa shape index (κ1) is 15.6. The molecule has 0 radical (unpaired) electrons. The highest BCUT2D eigenvalue weighted by Crippen LogP contribution is 2.31. The number of piperidine rings is 1. The molecule has 2 heterocycles. The molecule has 2 N–H and O–H groups in total. The van der Waals surface area contributed by atoms with Crippen LogP contribution in [0.1, 0.15) is 29.4 Å². The van der Waals surface area contributed by atoms with Crippen molar-refractivity contribution in [1.82, 2.24) is 4.98 Å². The van der Waals surface area contributed by atoms with Gasteiger partial charge >= 0.3 is 11.9 Å². The van der Waals surface area contributed by atoms with E-state index in [-0.39, 0.29) is 17.7 Å². The second kappa shape index (κ2) is 6.75.